The second-order valence-corrected chi connectivity index (χ2v) is 5.03. The smallest absolute Gasteiger partial charge is 0.215 e. The highest BCUT2D eigenvalue weighted by Crippen LogP contribution is 2.37. The van der Waals surface area contributed by atoms with Crippen LogP contribution in [-0.4, -0.2) is 31.0 Å². The molecule has 2 heterocycles. The van der Waals surface area contributed by atoms with Crippen LogP contribution in [0.15, 0.2) is 28.5 Å². The van der Waals surface area contributed by atoms with Crippen LogP contribution >= 0.6 is 11.8 Å². The van der Waals surface area contributed by atoms with Crippen molar-refractivity contribution in [1.82, 2.24) is 25.2 Å². The number of rotatable bonds is 4. The van der Waals surface area contributed by atoms with Gasteiger partial charge in [0.1, 0.15) is 10.9 Å². The Kier molecular flexibility index (Phi) is 2.71. The van der Waals surface area contributed by atoms with Gasteiger partial charge in [0, 0.05) is 11.8 Å². The fraction of sp³-hybridized carbons (Fsp3) is 0.300. The topological polar surface area (TPSA) is 106 Å². The minimum Gasteiger partial charge on any atom is -0.384 e. The lowest BCUT2D eigenvalue weighted by atomic mass is 10.3. The van der Waals surface area contributed by atoms with Crippen molar-refractivity contribution in [3.8, 4) is 0 Å². The van der Waals surface area contributed by atoms with Crippen LogP contribution in [0.3, 0.4) is 0 Å². The van der Waals surface area contributed by atoms with Gasteiger partial charge in [0.05, 0.1) is 6.04 Å². The Bertz CT molecular complexity index is 572. The summed E-state index contributed by atoms with van der Waals surface area (Å²) in [4.78, 5) is 4.23. The van der Waals surface area contributed by atoms with Crippen molar-refractivity contribution in [2.75, 3.05) is 0 Å². The fourth-order valence-corrected chi connectivity index (χ4v) is 2.28. The molecule has 0 saturated heterocycles. The van der Waals surface area contributed by atoms with Gasteiger partial charge < -0.3 is 5.73 Å². The van der Waals surface area contributed by atoms with Gasteiger partial charge in [0.15, 0.2) is 0 Å². The molecule has 2 aromatic heterocycles. The monoisotopic (exact) mass is 261 g/mol. The maximum atomic E-state index is 7.30. The van der Waals surface area contributed by atoms with E-state index >= 15 is 0 Å². The number of nitrogens with one attached hydrogen (secondary N) is 1. The maximum absolute atomic E-state index is 7.30. The van der Waals surface area contributed by atoms with E-state index in [1.54, 1.807) is 12.3 Å². The van der Waals surface area contributed by atoms with Gasteiger partial charge in [-0.15, -0.1) is 5.10 Å². The molecule has 3 rings (SSSR count). The minimum atomic E-state index is 0.0156. The predicted molar refractivity (Wildman–Crippen MR) is 65.5 cm³/mol. The van der Waals surface area contributed by atoms with E-state index < -0.39 is 0 Å². The van der Waals surface area contributed by atoms with Crippen LogP contribution < -0.4 is 5.73 Å². The Labute approximate surface area is 107 Å². The molecule has 0 radical (unpaired) electrons. The third-order valence-corrected chi connectivity index (χ3v) is 3.50. The second kappa shape index (κ2) is 4.37. The van der Waals surface area contributed by atoms with Crippen molar-refractivity contribution in [1.29, 1.82) is 5.41 Å². The number of pyridine rings is 1. The molecule has 1 saturated carbocycles. The highest BCUT2D eigenvalue weighted by atomic mass is 32.2. The van der Waals surface area contributed by atoms with Gasteiger partial charge in [-0.3, -0.25) is 5.41 Å². The standard InChI is InChI=1S/C10H11N7S/c11-9(12)6-1-4-8(13-5-6)18-10-14-15-16-17(10)7-2-3-7/h1,4-5,7H,2-3H2,(H3,11,12). The summed E-state index contributed by atoms with van der Waals surface area (Å²) in [5.74, 6) is 0.0156. The third kappa shape index (κ3) is 2.19. The van der Waals surface area contributed by atoms with Crippen molar-refractivity contribution < 1.29 is 0 Å². The molecule has 0 aliphatic heterocycles. The average Bonchev–Trinajstić information content (AvgIpc) is 3.11. The number of tetrazole rings is 1. The normalized spacial score (nSPS) is 14.7. The zero-order valence-electron chi connectivity index (χ0n) is 9.45. The Morgan fingerprint density at radius 3 is 2.89 bits per heavy atom. The van der Waals surface area contributed by atoms with Gasteiger partial charge in [0.25, 0.3) is 0 Å². The van der Waals surface area contributed by atoms with Gasteiger partial charge >= 0.3 is 0 Å². The summed E-state index contributed by atoms with van der Waals surface area (Å²) in [5, 5.41) is 20.5. The number of hydrogen-bond acceptors (Lipinski definition) is 6. The predicted octanol–water partition coefficient (Wildman–Crippen LogP) is 0.838. The molecule has 7 nitrogen and oxygen atoms in total. The number of aromatic nitrogens is 5. The molecular formula is C10H11N7S. The molecule has 1 aliphatic rings. The Morgan fingerprint density at radius 1 is 1.44 bits per heavy atom. The Morgan fingerprint density at radius 2 is 2.28 bits per heavy atom. The zero-order chi connectivity index (χ0) is 12.5. The van der Waals surface area contributed by atoms with Crippen molar-refractivity contribution in [2.24, 2.45) is 5.73 Å². The lowest BCUT2D eigenvalue weighted by Crippen LogP contribution is -2.11. The van der Waals surface area contributed by atoms with Crippen LogP contribution in [0, 0.1) is 5.41 Å². The van der Waals surface area contributed by atoms with E-state index in [1.165, 1.54) is 11.8 Å². The molecule has 0 bridgehead atoms. The molecule has 0 atom stereocenters. The molecule has 8 heteroatoms. The van der Waals surface area contributed by atoms with Crippen LogP contribution in [0.4, 0.5) is 0 Å². The molecule has 0 spiro atoms. The van der Waals surface area contributed by atoms with Crippen LogP contribution in [0.2, 0.25) is 0 Å². The molecule has 2 aromatic rings. The van der Waals surface area contributed by atoms with E-state index in [1.807, 2.05) is 10.7 Å². The first-order valence-corrected chi connectivity index (χ1v) is 6.32. The van der Waals surface area contributed by atoms with Gasteiger partial charge in [-0.1, -0.05) is 0 Å². The largest absolute Gasteiger partial charge is 0.384 e. The molecule has 0 amide bonds. The highest BCUT2D eigenvalue weighted by Gasteiger charge is 2.28. The molecule has 92 valence electrons. The summed E-state index contributed by atoms with van der Waals surface area (Å²) in [5.41, 5.74) is 5.98. The SMILES string of the molecule is N=C(N)c1ccc(Sc2nnnn2C2CC2)nc1. The summed E-state index contributed by atoms with van der Waals surface area (Å²) in [6.07, 6.45) is 3.85. The average molecular weight is 261 g/mol. The number of hydrogen-bond donors (Lipinski definition) is 2. The van der Waals surface area contributed by atoms with Gasteiger partial charge in [-0.25, -0.2) is 9.67 Å². The molecule has 0 aromatic carbocycles. The number of nitrogen functional groups attached to an aromatic ring is 1. The van der Waals surface area contributed by atoms with Crippen LogP contribution in [0.1, 0.15) is 24.4 Å². The van der Waals surface area contributed by atoms with Crippen LogP contribution in [0.25, 0.3) is 0 Å². The van der Waals surface area contributed by atoms with Crippen molar-refractivity contribution >= 4 is 17.6 Å². The van der Waals surface area contributed by atoms with Gasteiger partial charge in [0.2, 0.25) is 5.16 Å². The molecule has 3 N–H and O–H groups in total. The fourth-order valence-electron chi connectivity index (χ4n) is 1.49. The van der Waals surface area contributed by atoms with E-state index in [-0.39, 0.29) is 5.84 Å². The maximum Gasteiger partial charge on any atom is 0.215 e. The van der Waals surface area contributed by atoms with Crippen LogP contribution in [0.5, 0.6) is 0 Å². The van der Waals surface area contributed by atoms with E-state index in [0.29, 0.717) is 11.6 Å². The van der Waals surface area contributed by atoms with Gasteiger partial charge in [-0.05, 0) is 47.2 Å². The van der Waals surface area contributed by atoms with Crippen molar-refractivity contribution in [2.45, 2.75) is 29.1 Å². The van der Waals surface area contributed by atoms with Crippen LogP contribution in [-0.2, 0) is 0 Å². The molecule has 0 unspecified atom stereocenters. The quantitative estimate of drug-likeness (QED) is 0.624. The second-order valence-electron chi connectivity index (χ2n) is 4.04. The number of amidine groups is 1. The molecule has 18 heavy (non-hydrogen) atoms. The summed E-state index contributed by atoms with van der Waals surface area (Å²) < 4.78 is 1.84. The summed E-state index contributed by atoms with van der Waals surface area (Å²) in [6, 6.07) is 4.02. The highest BCUT2D eigenvalue weighted by molar-refractivity contribution is 7.99. The zero-order valence-corrected chi connectivity index (χ0v) is 10.3. The number of nitrogens with two attached hydrogens (primary N) is 1. The Hall–Kier alpha value is -1.96. The van der Waals surface area contributed by atoms with E-state index in [2.05, 4.69) is 20.5 Å². The summed E-state index contributed by atoms with van der Waals surface area (Å²) in [7, 11) is 0. The first-order valence-electron chi connectivity index (χ1n) is 5.50. The van der Waals surface area contributed by atoms with E-state index in [0.717, 1.165) is 23.0 Å². The molecule has 1 fully saturated rings. The minimum absolute atomic E-state index is 0.0156. The van der Waals surface area contributed by atoms with E-state index in [4.69, 9.17) is 11.1 Å². The third-order valence-electron chi connectivity index (χ3n) is 2.60. The first-order chi connectivity index (χ1) is 8.74. The summed E-state index contributed by atoms with van der Waals surface area (Å²) >= 11 is 1.41. The number of nitrogens with zero attached hydrogens (tertiary/aromatic N) is 5. The van der Waals surface area contributed by atoms with E-state index in [9.17, 15) is 0 Å². The Balaban J connectivity index is 1.79. The van der Waals surface area contributed by atoms with Gasteiger partial charge in [-0.2, -0.15) is 0 Å². The van der Waals surface area contributed by atoms with Crippen molar-refractivity contribution in [3.63, 3.8) is 0 Å². The molecule has 1 aliphatic carbocycles. The summed E-state index contributed by atoms with van der Waals surface area (Å²) in [6.45, 7) is 0. The first kappa shape index (κ1) is 11.1. The lowest BCUT2D eigenvalue weighted by molar-refractivity contribution is 0.565. The van der Waals surface area contributed by atoms with Crippen molar-refractivity contribution in [3.05, 3.63) is 23.9 Å². The molecular weight excluding hydrogens is 250 g/mol. The lowest BCUT2D eigenvalue weighted by Gasteiger charge is -2.02.